The molecule has 1 aliphatic rings. The van der Waals surface area contributed by atoms with Crippen LogP contribution in [-0.4, -0.2) is 31.5 Å². The number of benzene rings is 2. The Hall–Kier alpha value is -3.43. The Morgan fingerprint density at radius 3 is 2.59 bits per heavy atom. The number of aromatic amines is 1. The van der Waals surface area contributed by atoms with Gasteiger partial charge in [-0.2, -0.15) is 5.10 Å². The van der Waals surface area contributed by atoms with E-state index in [-0.39, 0.29) is 11.5 Å². The molecule has 1 N–H and O–H groups in total. The molecule has 37 heavy (non-hydrogen) atoms. The van der Waals surface area contributed by atoms with E-state index < -0.39 is 6.17 Å². The molecule has 1 aliphatic heterocycles. The van der Waals surface area contributed by atoms with Crippen molar-refractivity contribution in [1.29, 1.82) is 0 Å². The van der Waals surface area contributed by atoms with Gasteiger partial charge in [0.1, 0.15) is 10.7 Å². The molecule has 0 spiro atoms. The number of hydrogen-bond donors (Lipinski definition) is 1. The third kappa shape index (κ3) is 4.57. The lowest BCUT2D eigenvalue weighted by Gasteiger charge is -2.31. The largest absolute Gasteiger partial charge is 0.325 e. The van der Waals surface area contributed by atoms with E-state index in [1.165, 1.54) is 18.7 Å². The zero-order valence-electron chi connectivity index (χ0n) is 20.9. The monoisotopic (exact) mass is 535 g/mol. The zero-order chi connectivity index (χ0) is 26.1. The number of nitrogens with one attached hydrogen (secondary N) is 1. The van der Waals surface area contributed by atoms with Crippen molar-refractivity contribution in [3.8, 4) is 16.9 Å². The van der Waals surface area contributed by atoms with Crippen LogP contribution in [0.2, 0.25) is 5.15 Å². The fourth-order valence-corrected chi connectivity index (χ4v) is 5.93. The van der Waals surface area contributed by atoms with Gasteiger partial charge in [-0.3, -0.25) is 14.6 Å². The van der Waals surface area contributed by atoms with Crippen molar-refractivity contribution in [3.05, 3.63) is 81.4 Å². The maximum absolute atomic E-state index is 13.5. The van der Waals surface area contributed by atoms with Crippen LogP contribution in [0.25, 0.3) is 16.9 Å². The quantitative estimate of drug-likeness (QED) is 0.203. The van der Waals surface area contributed by atoms with Gasteiger partial charge >= 0.3 is 11.3 Å². The summed E-state index contributed by atoms with van der Waals surface area (Å²) >= 11 is 8.49. The van der Waals surface area contributed by atoms with E-state index in [4.69, 9.17) is 21.8 Å². The molecule has 4 aromatic rings. The number of rotatable bonds is 7. The number of halogens is 1. The number of aromatic nitrogens is 5. The first-order chi connectivity index (χ1) is 17.9. The summed E-state index contributed by atoms with van der Waals surface area (Å²) in [7, 11) is 0. The van der Waals surface area contributed by atoms with Crippen molar-refractivity contribution in [2.45, 2.75) is 51.4 Å². The van der Waals surface area contributed by atoms with Crippen LogP contribution in [0.5, 0.6) is 0 Å². The lowest BCUT2D eigenvalue weighted by atomic mass is 10.0. The van der Waals surface area contributed by atoms with Gasteiger partial charge in [-0.15, -0.1) is 0 Å². The molecule has 5 rings (SSSR count). The van der Waals surface area contributed by atoms with Crippen molar-refractivity contribution >= 4 is 35.0 Å². The number of unbranched alkanes of at least 4 members (excludes halogenated alkanes) is 2. The first-order valence-electron chi connectivity index (χ1n) is 12.3. The molecule has 0 saturated heterocycles. The Morgan fingerprint density at radius 2 is 1.86 bits per heavy atom. The van der Waals surface area contributed by atoms with Crippen LogP contribution in [0.1, 0.15) is 50.5 Å². The van der Waals surface area contributed by atoms with Gasteiger partial charge in [-0.25, -0.2) is 9.58 Å². The third-order valence-corrected chi connectivity index (χ3v) is 7.70. The van der Waals surface area contributed by atoms with Gasteiger partial charge in [0.05, 0.1) is 22.6 Å². The first kappa shape index (κ1) is 25.2. The highest BCUT2D eigenvalue weighted by Crippen LogP contribution is 2.40. The highest BCUT2D eigenvalue weighted by molar-refractivity contribution is 7.99. The van der Waals surface area contributed by atoms with E-state index in [2.05, 4.69) is 11.9 Å². The summed E-state index contributed by atoms with van der Waals surface area (Å²) in [4.78, 5) is 31.3. The molecular weight excluding hydrogens is 508 g/mol. The lowest BCUT2D eigenvalue weighted by molar-refractivity contribution is -0.763. The van der Waals surface area contributed by atoms with Crippen molar-refractivity contribution in [2.75, 3.05) is 10.7 Å². The predicted octanol–water partition coefficient (Wildman–Crippen LogP) is 5.07. The lowest BCUT2D eigenvalue weighted by Crippen LogP contribution is -2.60. The van der Waals surface area contributed by atoms with E-state index in [9.17, 15) is 9.59 Å². The van der Waals surface area contributed by atoms with Crippen molar-refractivity contribution < 1.29 is 9.48 Å². The Labute approximate surface area is 224 Å². The van der Waals surface area contributed by atoms with E-state index in [0.717, 1.165) is 30.7 Å². The number of thioether (sulfide) groups is 1. The Kier molecular flexibility index (Phi) is 7.17. The van der Waals surface area contributed by atoms with Crippen molar-refractivity contribution in [3.63, 3.8) is 0 Å². The minimum atomic E-state index is -0.787. The highest BCUT2D eigenvalue weighted by atomic mass is 35.5. The van der Waals surface area contributed by atoms with E-state index in [1.54, 1.807) is 14.3 Å². The molecule has 0 radical (unpaired) electrons. The molecule has 2 aromatic carbocycles. The van der Waals surface area contributed by atoms with Gasteiger partial charge in [0.2, 0.25) is 11.1 Å². The van der Waals surface area contributed by atoms with E-state index in [0.29, 0.717) is 38.5 Å². The standard InChI is InChI=1S/C27H27ClN6O2S/c1-4-5-11-16-37-27-29-25(36)23-20-14-9-10-15-21(20)32(18(3)35)26(34(23)31-27)22-17(2)30-33(24(22)28)19-12-7-6-8-13-19/h6-10,12-15,26H,4-5,11,16H2,1-3H3/p+1. The second-order valence-corrected chi connectivity index (χ2v) is 10.4. The van der Waals surface area contributed by atoms with Crippen LogP contribution < -0.4 is 15.1 Å². The van der Waals surface area contributed by atoms with E-state index in [1.807, 2.05) is 61.5 Å². The summed E-state index contributed by atoms with van der Waals surface area (Å²) in [6.07, 6.45) is 2.45. The van der Waals surface area contributed by atoms with Crippen LogP contribution in [0.15, 0.2) is 64.5 Å². The molecule has 2 aromatic heterocycles. The Bertz CT molecular complexity index is 1520. The second kappa shape index (κ2) is 10.5. The minimum Gasteiger partial charge on any atom is -0.291 e. The minimum absolute atomic E-state index is 0.197. The van der Waals surface area contributed by atoms with Gasteiger partial charge < -0.3 is 0 Å². The van der Waals surface area contributed by atoms with Crippen molar-refractivity contribution in [2.24, 2.45) is 0 Å². The smallest absolute Gasteiger partial charge is 0.291 e. The summed E-state index contributed by atoms with van der Waals surface area (Å²) in [5, 5.41) is 10.4. The highest BCUT2D eigenvalue weighted by Gasteiger charge is 2.47. The van der Waals surface area contributed by atoms with Gasteiger partial charge in [0, 0.05) is 17.8 Å². The third-order valence-electron chi connectivity index (χ3n) is 6.39. The summed E-state index contributed by atoms with van der Waals surface area (Å²) in [6, 6.07) is 16.9. The summed E-state index contributed by atoms with van der Waals surface area (Å²) in [5.74, 6) is 0.636. The van der Waals surface area contributed by atoms with Crippen LogP contribution >= 0.6 is 23.4 Å². The molecule has 0 aliphatic carbocycles. The Balaban J connectivity index is 1.74. The number of hydrogen-bond acceptors (Lipinski definition) is 5. The van der Waals surface area contributed by atoms with Crippen LogP contribution in [-0.2, 0) is 4.79 Å². The molecule has 1 atom stereocenters. The maximum atomic E-state index is 13.5. The molecule has 3 heterocycles. The second-order valence-electron chi connectivity index (χ2n) is 8.93. The van der Waals surface area contributed by atoms with Crippen molar-refractivity contribution in [1.82, 2.24) is 19.9 Å². The normalized spacial score (nSPS) is 14.4. The fraction of sp³-hybridized carbons (Fsp3) is 0.296. The summed E-state index contributed by atoms with van der Waals surface area (Å²) in [6.45, 7) is 5.51. The van der Waals surface area contributed by atoms with Crippen LogP contribution in [0.4, 0.5) is 5.69 Å². The molecule has 1 unspecified atom stereocenters. The average Bonchev–Trinajstić information content (AvgIpc) is 3.19. The number of carbonyl (C=O) groups excluding carboxylic acids is 1. The van der Waals surface area contributed by atoms with Gasteiger partial charge in [-0.1, -0.05) is 73.5 Å². The molecule has 190 valence electrons. The van der Waals surface area contributed by atoms with E-state index >= 15 is 0 Å². The van der Waals surface area contributed by atoms with Gasteiger partial charge in [0.15, 0.2) is 0 Å². The molecule has 0 saturated carbocycles. The molecule has 8 nitrogen and oxygen atoms in total. The average molecular weight is 536 g/mol. The van der Waals surface area contributed by atoms with Crippen LogP contribution in [0.3, 0.4) is 0 Å². The first-order valence-corrected chi connectivity index (χ1v) is 13.7. The number of aryl methyl sites for hydroxylation is 1. The van der Waals surface area contributed by atoms with Gasteiger partial charge in [0.25, 0.3) is 6.17 Å². The van der Waals surface area contributed by atoms with Crippen LogP contribution in [0, 0.1) is 6.92 Å². The summed E-state index contributed by atoms with van der Waals surface area (Å²) < 4.78 is 3.29. The number of amides is 1. The number of fused-ring (bicyclic) bond motifs is 3. The maximum Gasteiger partial charge on any atom is 0.325 e. The zero-order valence-corrected chi connectivity index (χ0v) is 22.5. The number of carbonyl (C=O) groups is 1. The Morgan fingerprint density at radius 1 is 1.14 bits per heavy atom. The number of anilines is 1. The fourth-order valence-electron chi connectivity index (χ4n) is 4.70. The number of para-hydroxylation sites is 2. The number of H-pyrrole nitrogens is 1. The topological polar surface area (TPSA) is 87.8 Å². The molecule has 1 amide bonds. The molecule has 10 heteroatoms. The summed E-state index contributed by atoms with van der Waals surface area (Å²) in [5.41, 5.74) is 3.41. The molecular formula is C27H28ClN6O2S+. The molecule has 0 bridgehead atoms. The molecule has 0 fully saturated rings. The SMILES string of the molecule is CCCCCSc1n[n+]2c(c(=O)[nH]1)-c1ccccc1N(C(C)=O)C2c1c(C)nn(-c2ccccc2)c1Cl. The van der Waals surface area contributed by atoms with Gasteiger partial charge in [-0.05, 0) is 42.3 Å². The predicted molar refractivity (Wildman–Crippen MR) is 145 cm³/mol. The number of nitrogens with zero attached hydrogens (tertiary/aromatic N) is 5.